The van der Waals surface area contributed by atoms with E-state index in [0.29, 0.717) is 5.88 Å². The molecule has 1 aromatic carbocycles. The number of alkyl halides is 1. The summed E-state index contributed by atoms with van der Waals surface area (Å²) < 4.78 is 0. The van der Waals surface area contributed by atoms with E-state index in [4.69, 9.17) is 16.6 Å². The van der Waals surface area contributed by atoms with Gasteiger partial charge in [0.05, 0.1) is 0 Å². The molecule has 0 N–H and O–H groups in total. The van der Waals surface area contributed by atoms with E-state index in [1.54, 1.807) is 0 Å². The minimum absolute atomic E-state index is 0.00686. The van der Waals surface area contributed by atoms with Gasteiger partial charge in [0.1, 0.15) is 5.82 Å². The number of hydrogen-bond donors (Lipinski definition) is 0. The number of para-hydroxylation sites is 1. The lowest BCUT2D eigenvalue weighted by molar-refractivity contribution is 0.568. The molecule has 0 atom stereocenters. The molecule has 0 amide bonds. The van der Waals surface area contributed by atoms with Crippen LogP contribution in [0.1, 0.15) is 39.0 Å². The maximum absolute atomic E-state index is 6.07. The van der Waals surface area contributed by atoms with Gasteiger partial charge in [0.25, 0.3) is 0 Å². The fourth-order valence-electron chi connectivity index (χ4n) is 2.26. The molecule has 0 fully saturated rings. The normalized spacial score (nSPS) is 11.5. The number of hydrogen-bond acceptors (Lipinski definition) is 2. The molecule has 1 heterocycles. The van der Waals surface area contributed by atoms with Crippen LogP contribution in [0.15, 0.2) is 42.5 Å². The highest BCUT2D eigenvalue weighted by Crippen LogP contribution is 2.29. The van der Waals surface area contributed by atoms with Crippen LogP contribution in [0.5, 0.6) is 0 Å². The molecule has 0 aliphatic rings. The van der Waals surface area contributed by atoms with Gasteiger partial charge in [-0.15, -0.1) is 11.6 Å². The topological polar surface area (TPSA) is 16.1 Å². The summed E-state index contributed by atoms with van der Waals surface area (Å²) in [4.78, 5) is 7.08. The third-order valence-electron chi connectivity index (χ3n) is 3.45. The highest BCUT2D eigenvalue weighted by atomic mass is 35.5. The second-order valence-corrected chi connectivity index (χ2v) is 6.45. The van der Waals surface area contributed by atoms with E-state index in [1.165, 1.54) is 0 Å². The average Bonchev–Trinajstić information content (AvgIpc) is 2.48. The largest absolute Gasteiger partial charge is 0.327 e. The molecule has 2 rings (SSSR count). The molecule has 0 aliphatic heterocycles. The van der Waals surface area contributed by atoms with Crippen molar-refractivity contribution in [2.24, 2.45) is 0 Å². The fourth-order valence-corrected chi connectivity index (χ4v) is 2.41. The van der Waals surface area contributed by atoms with Gasteiger partial charge in [-0.2, -0.15) is 0 Å². The Balaban J connectivity index is 2.51. The first-order valence-electron chi connectivity index (χ1n) is 7.35. The maximum Gasteiger partial charge on any atom is 0.133 e. The number of halogens is 1. The zero-order valence-corrected chi connectivity index (χ0v) is 14.0. The van der Waals surface area contributed by atoms with Crippen molar-refractivity contribution in [1.82, 2.24) is 4.98 Å². The predicted molar refractivity (Wildman–Crippen MR) is 91.6 cm³/mol. The molecule has 0 saturated heterocycles. The van der Waals surface area contributed by atoms with Crippen molar-refractivity contribution < 1.29 is 0 Å². The summed E-state index contributed by atoms with van der Waals surface area (Å²) >= 11 is 6.07. The Labute approximate surface area is 132 Å². The number of rotatable bonds is 4. The first kappa shape index (κ1) is 15.8. The Hall–Kier alpha value is -1.54. The first-order chi connectivity index (χ1) is 9.95. The average molecular weight is 303 g/mol. The SMILES string of the molecule is CCN(c1ccccc1)c1cc(CCl)cc(C(C)(C)C)n1. The van der Waals surface area contributed by atoms with Gasteiger partial charge in [-0.25, -0.2) is 4.98 Å². The number of nitrogens with zero attached hydrogens (tertiary/aromatic N) is 2. The van der Waals surface area contributed by atoms with Gasteiger partial charge >= 0.3 is 0 Å². The number of aromatic nitrogens is 1. The van der Waals surface area contributed by atoms with E-state index >= 15 is 0 Å². The third-order valence-corrected chi connectivity index (χ3v) is 3.76. The molecule has 2 aromatic rings. The van der Waals surface area contributed by atoms with Crippen LogP contribution in [0.2, 0.25) is 0 Å². The quantitative estimate of drug-likeness (QED) is 0.715. The molecule has 1 aromatic heterocycles. The van der Waals surface area contributed by atoms with Gasteiger partial charge in [0, 0.05) is 29.2 Å². The number of pyridine rings is 1. The van der Waals surface area contributed by atoms with E-state index < -0.39 is 0 Å². The van der Waals surface area contributed by atoms with Crippen molar-refractivity contribution in [3.63, 3.8) is 0 Å². The Kier molecular flexibility index (Phi) is 4.89. The van der Waals surface area contributed by atoms with Gasteiger partial charge < -0.3 is 4.90 Å². The highest BCUT2D eigenvalue weighted by Gasteiger charge is 2.19. The smallest absolute Gasteiger partial charge is 0.133 e. The van der Waals surface area contributed by atoms with E-state index in [0.717, 1.165) is 29.3 Å². The lowest BCUT2D eigenvalue weighted by atomic mass is 9.91. The second kappa shape index (κ2) is 6.48. The van der Waals surface area contributed by atoms with Gasteiger partial charge in [-0.1, -0.05) is 39.0 Å². The van der Waals surface area contributed by atoms with Gasteiger partial charge in [0.2, 0.25) is 0 Å². The Morgan fingerprint density at radius 1 is 1.10 bits per heavy atom. The summed E-state index contributed by atoms with van der Waals surface area (Å²) in [7, 11) is 0. The second-order valence-electron chi connectivity index (χ2n) is 6.18. The number of anilines is 2. The summed E-state index contributed by atoms with van der Waals surface area (Å²) in [6.07, 6.45) is 0. The molecule has 3 heteroatoms. The van der Waals surface area contributed by atoms with Crippen molar-refractivity contribution in [2.75, 3.05) is 11.4 Å². The zero-order valence-electron chi connectivity index (χ0n) is 13.2. The van der Waals surface area contributed by atoms with Crippen molar-refractivity contribution >= 4 is 23.1 Å². The minimum Gasteiger partial charge on any atom is -0.327 e. The van der Waals surface area contributed by atoms with Crippen molar-refractivity contribution in [2.45, 2.75) is 39.0 Å². The summed E-state index contributed by atoms with van der Waals surface area (Å²) in [6, 6.07) is 14.5. The zero-order chi connectivity index (χ0) is 15.5. The third kappa shape index (κ3) is 3.76. The molecule has 112 valence electrons. The van der Waals surface area contributed by atoms with E-state index in [2.05, 4.69) is 56.9 Å². The highest BCUT2D eigenvalue weighted by molar-refractivity contribution is 6.17. The minimum atomic E-state index is 0.00686. The van der Waals surface area contributed by atoms with Gasteiger partial charge in [-0.05, 0) is 36.8 Å². The maximum atomic E-state index is 6.07. The monoisotopic (exact) mass is 302 g/mol. The van der Waals surface area contributed by atoms with E-state index in [-0.39, 0.29) is 5.41 Å². The molecule has 0 aliphatic carbocycles. The lowest BCUT2D eigenvalue weighted by Gasteiger charge is -2.26. The molecule has 0 saturated carbocycles. The predicted octanol–water partition coefficient (Wildman–Crippen LogP) is 5.28. The standard InChI is InChI=1S/C18H23ClN2/c1-5-21(15-9-7-6-8-10-15)17-12-14(13-19)11-16(20-17)18(2,3)4/h6-12H,5,13H2,1-4H3. The van der Waals surface area contributed by atoms with Crippen LogP contribution in [0.4, 0.5) is 11.5 Å². The lowest BCUT2D eigenvalue weighted by Crippen LogP contribution is -2.21. The van der Waals surface area contributed by atoms with Crippen LogP contribution in [0.25, 0.3) is 0 Å². The summed E-state index contributed by atoms with van der Waals surface area (Å²) in [6.45, 7) is 9.53. The van der Waals surface area contributed by atoms with Crippen molar-refractivity contribution in [3.8, 4) is 0 Å². The summed E-state index contributed by atoms with van der Waals surface area (Å²) in [5.41, 5.74) is 3.34. The van der Waals surface area contributed by atoms with E-state index in [1.807, 2.05) is 18.2 Å². The van der Waals surface area contributed by atoms with Crippen LogP contribution in [-0.4, -0.2) is 11.5 Å². The van der Waals surface area contributed by atoms with Crippen LogP contribution in [0, 0.1) is 0 Å². The van der Waals surface area contributed by atoms with Gasteiger partial charge in [-0.3, -0.25) is 0 Å². The molecular weight excluding hydrogens is 280 g/mol. The molecule has 0 radical (unpaired) electrons. The van der Waals surface area contributed by atoms with Crippen LogP contribution in [0.3, 0.4) is 0 Å². The van der Waals surface area contributed by atoms with Crippen molar-refractivity contribution in [1.29, 1.82) is 0 Å². The molecule has 0 spiro atoms. The molecule has 0 bridgehead atoms. The summed E-state index contributed by atoms with van der Waals surface area (Å²) in [5, 5.41) is 0. The molecular formula is C18H23ClN2. The summed E-state index contributed by atoms with van der Waals surface area (Å²) in [5.74, 6) is 1.47. The van der Waals surface area contributed by atoms with Gasteiger partial charge in [0.15, 0.2) is 0 Å². The van der Waals surface area contributed by atoms with Crippen LogP contribution < -0.4 is 4.90 Å². The van der Waals surface area contributed by atoms with Crippen LogP contribution >= 0.6 is 11.6 Å². The first-order valence-corrected chi connectivity index (χ1v) is 7.89. The Bertz CT molecular complexity index is 588. The molecule has 21 heavy (non-hydrogen) atoms. The number of benzene rings is 1. The Morgan fingerprint density at radius 2 is 1.76 bits per heavy atom. The molecule has 0 unspecified atom stereocenters. The van der Waals surface area contributed by atoms with Crippen molar-refractivity contribution in [3.05, 3.63) is 53.7 Å². The fraction of sp³-hybridized carbons (Fsp3) is 0.389. The molecule has 2 nitrogen and oxygen atoms in total. The van der Waals surface area contributed by atoms with Crippen LogP contribution in [-0.2, 0) is 11.3 Å². The van der Waals surface area contributed by atoms with E-state index in [9.17, 15) is 0 Å². The Morgan fingerprint density at radius 3 is 2.29 bits per heavy atom.